The van der Waals surface area contributed by atoms with E-state index in [2.05, 4.69) is 20.0 Å². The lowest BCUT2D eigenvalue weighted by Gasteiger charge is -2.10. The molecule has 0 spiro atoms. The normalized spacial score (nSPS) is 11.4. The number of benzene rings is 2. The summed E-state index contributed by atoms with van der Waals surface area (Å²) in [6.07, 6.45) is 1.05. The minimum Gasteiger partial charge on any atom is -0.322 e. The zero-order valence-electron chi connectivity index (χ0n) is 13.5. The second-order valence-corrected chi connectivity index (χ2v) is 7.45. The molecule has 4 N–H and O–H groups in total. The van der Waals surface area contributed by atoms with Crippen molar-refractivity contribution in [3.63, 3.8) is 0 Å². The lowest BCUT2D eigenvalue weighted by Crippen LogP contribution is -2.14. The van der Waals surface area contributed by atoms with Gasteiger partial charge in [0.1, 0.15) is 0 Å². The van der Waals surface area contributed by atoms with Gasteiger partial charge in [0.05, 0.1) is 23.0 Å². The summed E-state index contributed by atoms with van der Waals surface area (Å²) in [5.41, 5.74) is 2.75. The van der Waals surface area contributed by atoms with E-state index in [1.165, 1.54) is 6.07 Å². The molecule has 2 aromatic carbocycles. The number of imidazole rings is 1. The zero-order chi connectivity index (χ0) is 18.2. The maximum atomic E-state index is 12.4. The summed E-state index contributed by atoms with van der Waals surface area (Å²) >= 11 is 0. The van der Waals surface area contributed by atoms with Gasteiger partial charge in [0.2, 0.25) is 10.0 Å². The van der Waals surface area contributed by atoms with Crippen LogP contribution in [0.25, 0.3) is 11.0 Å². The number of hydrogen-bond acceptors (Lipinski definition) is 4. The van der Waals surface area contributed by atoms with E-state index in [1.54, 1.807) is 37.3 Å². The van der Waals surface area contributed by atoms with Crippen LogP contribution in [0.3, 0.4) is 0 Å². The summed E-state index contributed by atoms with van der Waals surface area (Å²) in [5, 5.41) is 2.72. The van der Waals surface area contributed by atoms with Crippen molar-refractivity contribution >= 4 is 38.3 Å². The van der Waals surface area contributed by atoms with Crippen LogP contribution in [-0.2, 0) is 10.0 Å². The second kappa shape index (κ2) is 6.10. The fraction of sp³-hybridized carbons (Fsp3) is 0.125. The number of rotatable bonds is 4. The Morgan fingerprint density at radius 1 is 1.04 bits per heavy atom. The van der Waals surface area contributed by atoms with E-state index >= 15 is 0 Å². The van der Waals surface area contributed by atoms with Gasteiger partial charge in [-0.3, -0.25) is 9.52 Å². The van der Waals surface area contributed by atoms with Crippen LogP contribution >= 0.6 is 0 Å². The summed E-state index contributed by atoms with van der Waals surface area (Å²) in [5.74, 6) is -0.395. The maximum absolute atomic E-state index is 12.4. The Balaban J connectivity index is 1.86. The molecule has 0 aliphatic carbocycles. The molecular weight excluding hydrogens is 344 g/mol. The Kier molecular flexibility index (Phi) is 4.09. The van der Waals surface area contributed by atoms with Crippen LogP contribution in [0.2, 0.25) is 0 Å². The number of fused-ring (bicyclic) bond motifs is 1. The van der Waals surface area contributed by atoms with Crippen LogP contribution in [0.1, 0.15) is 15.9 Å². The first-order chi connectivity index (χ1) is 11.7. The topological polar surface area (TPSA) is 124 Å². The molecule has 0 bridgehead atoms. The SMILES string of the molecule is Cc1ccc(C(=O)Nc2ccc3[nH]c(=O)[nH]c3c2)cc1NS(C)(=O)=O. The third-order valence-corrected chi connectivity index (χ3v) is 4.16. The highest BCUT2D eigenvalue weighted by molar-refractivity contribution is 7.92. The number of aromatic nitrogens is 2. The molecule has 0 saturated heterocycles. The minimum atomic E-state index is -3.44. The lowest BCUT2D eigenvalue weighted by molar-refractivity contribution is 0.102. The zero-order valence-corrected chi connectivity index (χ0v) is 14.3. The number of carbonyl (C=O) groups excluding carboxylic acids is 1. The van der Waals surface area contributed by atoms with Gasteiger partial charge in [0.15, 0.2) is 0 Å². The van der Waals surface area contributed by atoms with Crippen LogP contribution in [0, 0.1) is 6.92 Å². The Hall–Kier alpha value is -3.07. The minimum absolute atomic E-state index is 0.305. The molecule has 0 aliphatic rings. The number of sulfonamides is 1. The standard InChI is InChI=1S/C16H16N4O4S/c1-9-3-4-10(7-13(9)20-25(2,23)24)15(21)17-11-5-6-12-14(8-11)19-16(22)18-12/h3-8,20H,1-2H3,(H,17,21)(H2,18,19,22). The molecule has 0 fully saturated rings. The second-order valence-electron chi connectivity index (χ2n) is 5.70. The predicted molar refractivity (Wildman–Crippen MR) is 96.5 cm³/mol. The molecule has 3 rings (SSSR count). The third kappa shape index (κ3) is 3.89. The van der Waals surface area contributed by atoms with E-state index in [-0.39, 0.29) is 5.69 Å². The number of amides is 1. The Morgan fingerprint density at radius 2 is 1.76 bits per heavy atom. The monoisotopic (exact) mass is 360 g/mol. The molecule has 8 nitrogen and oxygen atoms in total. The summed E-state index contributed by atoms with van der Waals surface area (Å²) in [7, 11) is -3.44. The molecule has 130 valence electrons. The van der Waals surface area contributed by atoms with Gasteiger partial charge in [-0.2, -0.15) is 0 Å². The first-order valence-corrected chi connectivity index (χ1v) is 9.22. The highest BCUT2D eigenvalue weighted by atomic mass is 32.2. The van der Waals surface area contributed by atoms with Crippen LogP contribution in [0.4, 0.5) is 11.4 Å². The van der Waals surface area contributed by atoms with Gasteiger partial charge in [-0.15, -0.1) is 0 Å². The fourth-order valence-corrected chi connectivity index (χ4v) is 3.01. The molecule has 0 atom stereocenters. The molecule has 1 heterocycles. The molecule has 0 unspecified atom stereocenters. The van der Waals surface area contributed by atoms with Gasteiger partial charge in [-0.25, -0.2) is 13.2 Å². The number of nitrogens with one attached hydrogen (secondary N) is 4. The van der Waals surface area contributed by atoms with Crippen molar-refractivity contribution in [3.05, 3.63) is 58.0 Å². The summed E-state index contributed by atoms with van der Waals surface area (Å²) in [4.78, 5) is 28.9. The quantitative estimate of drug-likeness (QED) is 0.566. The van der Waals surface area contributed by atoms with Gasteiger partial charge in [0.25, 0.3) is 5.91 Å². The van der Waals surface area contributed by atoms with Crippen molar-refractivity contribution in [1.29, 1.82) is 0 Å². The summed E-state index contributed by atoms with van der Waals surface area (Å²) in [6, 6.07) is 9.71. The maximum Gasteiger partial charge on any atom is 0.323 e. The van der Waals surface area contributed by atoms with Crippen LogP contribution in [0.5, 0.6) is 0 Å². The van der Waals surface area contributed by atoms with Gasteiger partial charge < -0.3 is 15.3 Å². The van der Waals surface area contributed by atoms with Crippen LogP contribution in [-0.4, -0.2) is 30.5 Å². The number of anilines is 2. The number of hydrogen-bond donors (Lipinski definition) is 4. The van der Waals surface area contributed by atoms with Crippen molar-refractivity contribution in [2.75, 3.05) is 16.3 Å². The van der Waals surface area contributed by atoms with Crippen LogP contribution < -0.4 is 15.7 Å². The van der Waals surface area contributed by atoms with Crippen molar-refractivity contribution < 1.29 is 13.2 Å². The van der Waals surface area contributed by atoms with Gasteiger partial charge >= 0.3 is 5.69 Å². The Bertz CT molecular complexity index is 1130. The number of carbonyl (C=O) groups is 1. The molecule has 0 radical (unpaired) electrons. The largest absolute Gasteiger partial charge is 0.323 e. The highest BCUT2D eigenvalue weighted by Gasteiger charge is 2.11. The molecule has 9 heteroatoms. The Labute approximate surface area is 143 Å². The molecule has 1 amide bonds. The van der Waals surface area contributed by atoms with E-state index in [1.807, 2.05) is 0 Å². The fourth-order valence-electron chi connectivity index (χ4n) is 2.39. The predicted octanol–water partition coefficient (Wildman–Crippen LogP) is 1.79. The van der Waals surface area contributed by atoms with Gasteiger partial charge in [-0.1, -0.05) is 6.07 Å². The van der Waals surface area contributed by atoms with Crippen molar-refractivity contribution in [2.45, 2.75) is 6.92 Å². The van der Waals surface area contributed by atoms with Gasteiger partial charge in [-0.05, 0) is 42.8 Å². The smallest absolute Gasteiger partial charge is 0.322 e. The lowest BCUT2D eigenvalue weighted by atomic mass is 10.1. The van der Waals surface area contributed by atoms with E-state index in [9.17, 15) is 18.0 Å². The van der Waals surface area contributed by atoms with Crippen molar-refractivity contribution in [2.24, 2.45) is 0 Å². The van der Waals surface area contributed by atoms with Crippen LogP contribution in [0.15, 0.2) is 41.2 Å². The average molecular weight is 360 g/mol. The van der Waals surface area contributed by atoms with E-state index in [0.717, 1.165) is 6.26 Å². The summed E-state index contributed by atoms with van der Waals surface area (Å²) in [6.45, 7) is 1.74. The highest BCUT2D eigenvalue weighted by Crippen LogP contribution is 2.20. The number of aryl methyl sites for hydroxylation is 1. The average Bonchev–Trinajstić information content (AvgIpc) is 2.87. The molecule has 0 aliphatic heterocycles. The number of H-pyrrole nitrogens is 2. The first kappa shape index (κ1) is 16.8. The van der Waals surface area contributed by atoms with E-state index < -0.39 is 15.9 Å². The first-order valence-electron chi connectivity index (χ1n) is 7.33. The molecule has 25 heavy (non-hydrogen) atoms. The van der Waals surface area contributed by atoms with E-state index in [0.29, 0.717) is 33.5 Å². The van der Waals surface area contributed by atoms with Crippen molar-refractivity contribution in [1.82, 2.24) is 9.97 Å². The van der Waals surface area contributed by atoms with E-state index in [4.69, 9.17) is 0 Å². The Morgan fingerprint density at radius 3 is 2.48 bits per heavy atom. The molecule has 3 aromatic rings. The number of aromatic amines is 2. The third-order valence-electron chi connectivity index (χ3n) is 3.57. The molecular formula is C16H16N4O4S. The van der Waals surface area contributed by atoms with Crippen molar-refractivity contribution in [3.8, 4) is 0 Å². The molecule has 0 saturated carbocycles. The summed E-state index contributed by atoms with van der Waals surface area (Å²) < 4.78 is 25.2. The molecule has 1 aromatic heterocycles. The van der Waals surface area contributed by atoms with Gasteiger partial charge in [0, 0.05) is 11.3 Å².